The number of methoxy groups -OCH3 is 1. The van der Waals surface area contributed by atoms with Crippen LogP contribution in [0.25, 0.3) is 21.9 Å². The SMILES string of the molecule is COc1ccc(Br)cc1-c1cc(Br)c2ccccc2c1NS(C)(=O)=O. The molecule has 0 saturated heterocycles. The molecule has 3 aromatic carbocycles. The minimum atomic E-state index is -3.46. The standard InChI is InChI=1S/C18H15Br2NO3S/c1-24-17-8-7-11(19)9-14(17)15-10-16(20)12-5-3-4-6-13(12)18(15)21-25(2,22)23/h3-10,21H,1-2H3. The van der Waals surface area contributed by atoms with Crippen molar-refractivity contribution in [2.75, 3.05) is 18.1 Å². The third kappa shape index (κ3) is 3.83. The summed E-state index contributed by atoms with van der Waals surface area (Å²) in [5.74, 6) is 0.655. The first-order chi connectivity index (χ1) is 11.8. The van der Waals surface area contributed by atoms with Crippen LogP contribution in [0.3, 0.4) is 0 Å². The maximum atomic E-state index is 12.0. The predicted molar refractivity (Wildman–Crippen MR) is 110 cm³/mol. The molecule has 1 N–H and O–H groups in total. The fourth-order valence-corrected chi connectivity index (χ4v) is 4.26. The summed E-state index contributed by atoms with van der Waals surface area (Å²) in [6, 6.07) is 15.1. The van der Waals surface area contributed by atoms with Crippen molar-refractivity contribution in [3.63, 3.8) is 0 Å². The highest BCUT2D eigenvalue weighted by molar-refractivity contribution is 9.11. The number of sulfonamides is 1. The van der Waals surface area contributed by atoms with Crippen LogP contribution in [0.1, 0.15) is 0 Å². The van der Waals surface area contributed by atoms with E-state index in [0.29, 0.717) is 11.4 Å². The second kappa shape index (κ2) is 6.97. The first-order valence-electron chi connectivity index (χ1n) is 7.33. The topological polar surface area (TPSA) is 55.4 Å². The van der Waals surface area contributed by atoms with Crippen LogP contribution in [0.4, 0.5) is 5.69 Å². The minimum Gasteiger partial charge on any atom is -0.496 e. The lowest BCUT2D eigenvalue weighted by molar-refractivity contribution is 0.416. The molecule has 0 spiro atoms. The summed E-state index contributed by atoms with van der Waals surface area (Å²) in [6.45, 7) is 0. The van der Waals surface area contributed by atoms with Gasteiger partial charge in [0, 0.05) is 25.5 Å². The highest BCUT2D eigenvalue weighted by atomic mass is 79.9. The highest BCUT2D eigenvalue weighted by Crippen LogP contribution is 2.43. The molecule has 130 valence electrons. The maximum absolute atomic E-state index is 12.0. The monoisotopic (exact) mass is 483 g/mol. The largest absolute Gasteiger partial charge is 0.496 e. The average molecular weight is 485 g/mol. The Hall–Kier alpha value is -1.57. The lowest BCUT2D eigenvalue weighted by atomic mass is 9.98. The van der Waals surface area contributed by atoms with Gasteiger partial charge in [-0.1, -0.05) is 56.1 Å². The molecular weight excluding hydrogens is 470 g/mol. The van der Waals surface area contributed by atoms with Crippen LogP contribution < -0.4 is 9.46 Å². The molecule has 3 rings (SSSR count). The fourth-order valence-electron chi connectivity index (χ4n) is 2.73. The fraction of sp³-hybridized carbons (Fsp3) is 0.111. The maximum Gasteiger partial charge on any atom is 0.229 e. The quantitative estimate of drug-likeness (QED) is 0.538. The number of benzene rings is 3. The smallest absolute Gasteiger partial charge is 0.229 e. The van der Waals surface area contributed by atoms with Gasteiger partial charge in [0.25, 0.3) is 0 Å². The molecule has 0 bridgehead atoms. The van der Waals surface area contributed by atoms with Gasteiger partial charge in [-0.3, -0.25) is 4.72 Å². The summed E-state index contributed by atoms with van der Waals surface area (Å²) in [5.41, 5.74) is 2.04. The van der Waals surface area contributed by atoms with Gasteiger partial charge >= 0.3 is 0 Å². The van der Waals surface area contributed by atoms with Crippen molar-refractivity contribution in [1.29, 1.82) is 0 Å². The molecule has 0 heterocycles. The van der Waals surface area contributed by atoms with Crippen molar-refractivity contribution in [2.24, 2.45) is 0 Å². The number of ether oxygens (including phenoxy) is 1. The van der Waals surface area contributed by atoms with E-state index in [4.69, 9.17) is 4.74 Å². The van der Waals surface area contributed by atoms with Gasteiger partial charge in [-0.05, 0) is 29.7 Å². The summed E-state index contributed by atoms with van der Waals surface area (Å²) >= 11 is 7.07. The van der Waals surface area contributed by atoms with Gasteiger partial charge in [0.1, 0.15) is 5.75 Å². The van der Waals surface area contributed by atoms with E-state index in [1.807, 2.05) is 48.5 Å². The van der Waals surface area contributed by atoms with Crippen LogP contribution >= 0.6 is 31.9 Å². The number of nitrogens with one attached hydrogen (secondary N) is 1. The summed E-state index contributed by atoms with van der Waals surface area (Å²) < 4.78 is 33.8. The van der Waals surface area contributed by atoms with E-state index in [0.717, 1.165) is 37.1 Å². The molecule has 0 radical (unpaired) electrons. The molecule has 7 heteroatoms. The summed E-state index contributed by atoms with van der Waals surface area (Å²) in [7, 11) is -1.87. The van der Waals surface area contributed by atoms with Gasteiger partial charge in [-0.15, -0.1) is 0 Å². The van der Waals surface area contributed by atoms with Crippen molar-refractivity contribution in [2.45, 2.75) is 0 Å². The second-order valence-electron chi connectivity index (χ2n) is 5.55. The van der Waals surface area contributed by atoms with Gasteiger partial charge in [0.15, 0.2) is 0 Å². The van der Waals surface area contributed by atoms with Crippen molar-refractivity contribution in [1.82, 2.24) is 0 Å². The first kappa shape index (κ1) is 18.2. The Balaban J connectivity index is 2.42. The molecular formula is C18H15Br2NO3S. The van der Waals surface area contributed by atoms with Crippen LogP contribution in [0, 0.1) is 0 Å². The Kier molecular flexibility index (Phi) is 5.09. The molecule has 0 unspecified atom stereocenters. The predicted octanol–water partition coefficient (Wildman–Crippen LogP) is 5.41. The van der Waals surface area contributed by atoms with E-state index in [2.05, 4.69) is 36.6 Å². The van der Waals surface area contributed by atoms with Crippen molar-refractivity contribution in [3.8, 4) is 16.9 Å². The lowest BCUT2D eigenvalue weighted by Gasteiger charge is -2.18. The van der Waals surface area contributed by atoms with Crippen LogP contribution in [0.15, 0.2) is 57.5 Å². The lowest BCUT2D eigenvalue weighted by Crippen LogP contribution is -2.11. The average Bonchev–Trinajstić information content (AvgIpc) is 2.56. The van der Waals surface area contributed by atoms with Crippen molar-refractivity contribution < 1.29 is 13.2 Å². The molecule has 4 nitrogen and oxygen atoms in total. The van der Waals surface area contributed by atoms with E-state index in [1.54, 1.807) is 7.11 Å². The number of fused-ring (bicyclic) bond motifs is 1. The van der Waals surface area contributed by atoms with E-state index < -0.39 is 10.0 Å². The van der Waals surface area contributed by atoms with Crippen molar-refractivity contribution in [3.05, 3.63) is 57.5 Å². The molecule has 0 atom stereocenters. The van der Waals surface area contributed by atoms with Gasteiger partial charge in [-0.2, -0.15) is 0 Å². The van der Waals surface area contributed by atoms with E-state index in [1.165, 1.54) is 0 Å². The molecule has 0 aromatic heterocycles. The zero-order valence-electron chi connectivity index (χ0n) is 13.5. The summed E-state index contributed by atoms with van der Waals surface area (Å²) in [4.78, 5) is 0. The number of rotatable bonds is 4. The van der Waals surface area contributed by atoms with Gasteiger partial charge in [0.05, 0.1) is 19.1 Å². The third-order valence-electron chi connectivity index (χ3n) is 3.73. The van der Waals surface area contributed by atoms with Crippen molar-refractivity contribution >= 4 is 58.3 Å². The minimum absolute atomic E-state index is 0.526. The Morgan fingerprint density at radius 3 is 2.28 bits per heavy atom. The molecule has 0 aliphatic heterocycles. The normalized spacial score (nSPS) is 11.5. The molecule has 0 aliphatic rings. The van der Waals surface area contributed by atoms with E-state index >= 15 is 0 Å². The van der Waals surface area contributed by atoms with Crippen LogP contribution in [-0.2, 0) is 10.0 Å². The number of hydrogen-bond acceptors (Lipinski definition) is 3. The second-order valence-corrected chi connectivity index (χ2v) is 9.06. The summed E-state index contributed by atoms with van der Waals surface area (Å²) in [6.07, 6.45) is 1.14. The Bertz CT molecular complexity index is 1070. The molecule has 0 fully saturated rings. The Labute approximate surface area is 163 Å². The van der Waals surface area contributed by atoms with Crippen LogP contribution in [0.5, 0.6) is 5.75 Å². The first-order valence-corrected chi connectivity index (χ1v) is 10.8. The molecule has 0 amide bonds. The molecule has 0 saturated carbocycles. The Morgan fingerprint density at radius 2 is 1.64 bits per heavy atom. The van der Waals surface area contributed by atoms with Gasteiger partial charge < -0.3 is 4.74 Å². The van der Waals surface area contributed by atoms with Crippen LogP contribution in [-0.4, -0.2) is 21.8 Å². The molecule has 3 aromatic rings. The number of halogens is 2. The van der Waals surface area contributed by atoms with Gasteiger partial charge in [0.2, 0.25) is 10.0 Å². The van der Waals surface area contributed by atoms with Crippen LogP contribution in [0.2, 0.25) is 0 Å². The van der Waals surface area contributed by atoms with E-state index in [9.17, 15) is 8.42 Å². The number of anilines is 1. The molecule has 0 aliphatic carbocycles. The summed E-state index contributed by atoms with van der Waals surface area (Å²) in [5, 5.41) is 1.73. The zero-order valence-corrected chi connectivity index (χ0v) is 17.5. The molecule has 25 heavy (non-hydrogen) atoms. The number of hydrogen-bond donors (Lipinski definition) is 1. The highest BCUT2D eigenvalue weighted by Gasteiger charge is 2.18. The van der Waals surface area contributed by atoms with E-state index in [-0.39, 0.29) is 0 Å². The zero-order chi connectivity index (χ0) is 18.2. The van der Waals surface area contributed by atoms with Gasteiger partial charge in [-0.25, -0.2) is 8.42 Å². The Morgan fingerprint density at radius 1 is 0.960 bits per heavy atom. The third-order valence-corrected chi connectivity index (χ3v) is 5.46.